The average Bonchev–Trinajstić information content (AvgIpc) is 3.91. The predicted molar refractivity (Wildman–Crippen MR) is 242 cm³/mol. The molecule has 0 radical (unpaired) electrons. The Balaban J connectivity index is 0.000000170. The number of ether oxygens (including phenoxy) is 2. The molecule has 4 saturated carbocycles. The highest BCUT2D eigenvalue weighted by Crippen LogP contribution is 2.46. The molecular formula is C44H50F4N14O6. The summed E-state index contributed by atoms with van der Waals surface area (Å²) in [6.45, 7) is 0. The zero-order valence-corrected chi connectivity index (χ0v) is 37.4. The Morgan fingerprint density at radius 2 is 1.04 bits per heavy atom. The summed E-state index contributed by atoms with van der Waals surface area (Å²) in [7, 11) is 6.63. The molecule has 68 heavy (non-hydrogen) atoms. The molecule has 6 aromatic heterocycles. The maximum atomic E-state index is 13.3. The molecule has 0 aromatic carbocycles. The van der Waals surface area contributed by atoms with Crippen LogP contribution in [0.4, 0.5) is 52.2 Å². The summed E-state index contributed by atoms with van der Waals surface area (Å²) in [4.78, 5) is 60.6. The fourth-order valence-electron chi connectivity index (χ4n) is 8.77. The Bertz CT molecular complexity index is 2790. The van der Waals surface area contributed by atoms with Gasteiger partial charge in [-0.1, -0.05) is 0 Å². The number of amides is 2. The van der Waals surface area contributed by atoms with Gasteiger partial charge in [0, 0.05) is 90.6 Å². The van der Waals surface area contributed by atoms with Gasteiger partial charge in [-0.3, -0.25) is 19.2 Å². The van der Waals surface area contributed by atoms with E-state index in [-0.39, 0.29) is 84.3 Å². The number of rotatable bonds is 14. The van der Waals surface area contributed by atoms with Gasteiger partial charge in [-0.15, -0.1) is 0 Å². The molecule has 0 bridgehead atoms. The largest absolute Gasteiger partial charge is 0.379 e. The van der Waals surface area contributed by atoms with Crippen molar-refractivity contribution in [3.05, 3.63) is 93.0 Å². The fourth-order valence-corrected chi connectivity index (χ4v) is 8.77. The Hall–Kier alpha value is -7.08. The molecular weight excluding hydrogens is 897 g/mol. The van der Waals surface area contributed by atoms with Crippen LogP contribution in [0.25, 0.3) is 11.3 Å². The predicted octanol–water partition coefficient (Wildman–Crippen LogP) is 5.11. The van der Waals surface area contributed by atoms with Crippen LogP contribution < -0.4 is 43.0 Å². The summed E-state index contributed by atoms with van der Waals surface area (Å²) in [5, 5.41) is 26.4. The van der Waals surface area contributed by atoms with Crippen molar-refractivity contribution in [2.45, 2.75) is 99.6 Å². The van der Waals surface area contributed by atoms with Crippen molar-refractivity contribution in [1.82, 2.24) is 49.0 Å². The Morgan fingerprint density at radius 1 is 0.647 bits per heavy atom. The molecule has 24 heteroatoms. The zero-order chi connectivity index (χ0) is 48.1. The van der Waals surface area contributed by atoms with Crippen LogP contribution in [0, 0.1) is 0 Å². The first kappa shape index (κ1) is 46.0. The second-order valence-electron chi connectivity index (χ2n) is 17.4. The van der Waals surface area contributed by atoms with E-state index in [2.05, 4.69) is 52.1 Å². The minimum Gasteiger partial charge on any atom is -0.379 e. The highest BCUT2D eigenvalue weighted by Gasteiger charge is 2.47. The summed E-state index contributed by atoms with van der Waals surface area (Å²) >= 11 is 0. The lowest BCUT2D eigenvalue weighted by Gasteiger charge is -2.36. The molecule has 360 valence electrons. The monoisotopic (exact) mass is 946 g/mol. The van der Waals surface area contributed by atoms with Gasteiger partial charge in [0.1, 0.15) is 45.8 Å². The minimum absolute atomic E-state index is 0.0142. The van der Waals surface area contributed by atoms with Crippen LogP contribution in [0.2, 0.25) is 0 Å². The van der Waals surface area contributed by atoms with Crippen molar-refractivity contribution in [2.24, 2.45) is 0 Å². The van der Waals surface area contributed by atoms with Crippen molar-refractivity contribution in [3.8, 4) is 0 Å². The normalized spacial score (nSPS) is 21.5. The van der Waals surface area contributed by atoms with E-state index >= 15 is 0 Å². The molecule has 4 aliphatic carbocycles. The van der Waals surface area contributed by atoms with E-state index in [9.17, 15) is 36.7 Å². The summed E-state index contributed by atoms with van der Waals surface area (Å²) < 4.78 is 69.5. The number of fused-ring (bicyclic) bond motifs is 2. The van der Waals surface area contributed by atoms with E-state index in [1.807, 2.05) is 0 Å². The topological polar surface area (TPSA) is 229 Å². The number of hydrogen-bond donors (Lipinski definition) is 6. The maximum Gasteiger partial charge on any atom is 0.274 e. The van der Waals surface area contributed by atoms with Crippen molar-refractivity contribution >= 4 is 57.8 Å². The van der Waals surface area contributed by atoms with Gasteiger partial charge >= 0.3 is 0 Å². The summed E-state index contributed by atoms with van der Waals surface area (Å²) in [5.74, 6) is -4.41. The van der Waals surface area contributed by atoms with Crippen LogP contribution in [0.5, 0.6) is 0 Å². The van der Waals surface area contributed by atoms with E-state index in [4.69, 9.17) is 9.47 Å². The van der Waals surface area contributed by atoms with Gasteiger partial charge in [-0.05, 0) is 49.9 Å². The molecule has 4 fully saturated rings. The first-order valence-electron chi connectivity index (χ1n) is 22.1. The van der Waals surface area contributed by atoms with E-state index in [0.717, 1.165) is 25.7 Å². The second kappa shape index (κ2) is 18.2. The number of halogens is 4. The molecule has 6 N–H and O–H groups in total. The summed E-state index contributed by atoms with van der Waals surface area (Å²) in [6.07, 6.45) is 7.88. The number of carbonyl (C=O) groups excluding carboxylic acids is 2. The Morgan fingerprint density at radius 3 is 1.37 bits per heavy atom. The standard InChI is InChI=1S/2C22H25F2N7O3/c2*1-25-18-8-17(27-15-4-3-7-30(21(15)33)12-9-22(23,24)10-12)29-19-13(11-26-31(18)19)20(32)28-14-5-6-16(14)34-2/h2*3-4,7-8,11-12,14,16,25H,5-6,9-10H2,1-2H3,(H,27,29)(H,28,32)/t2*14-,16-/m10/s1. The molecule has 2 amide bonds. The highest BCUT2D eigenvalue weighted by molar-refractivity contribution is 6.01. The zero-order valence-electron chi connectivity index (χ0n) is 37.4. The Kier molecular flexibility index (Phi) is 12.3. The second-order valence-corrected chi connectivity index (χ2v) is 17.4. The van der Waals surface area contributed by atoms with Crippen molar-refractivity contribution in [2.75, 3.05) is 49.6 Å². The number of anilines is 6. The smallest absolute Gasteiger partial charge is 0.274 e. The van der Waals surface area contributed by atoms with Crippen molar-refractivity contribution in [3.63, 3.8) is 0 Å². The van der Waals surface area contributed by atoms with E-state index in [1.165, 1.54) is 43.0 Å². The van der Waals surface area contributed by atoms with Crippen LogP contribution in [0.1, 0.15) is 84.2 Å². The Labute approximate surface area is 384 Å². The molecule has 4 atom stereocenters. The average molecular weight is 947 g/mol. The van der Waals surface area contributed by atoms with E-state index in [0.29, 0.717) is 34.6 Å². The van der Waals surface area contributed by atoms with Crippen LogP contribution in [0.15, 0.2) is 70.8 Å². The SMILES string of the molecule is CNc1cc(Nc2cccn(C3CC(F)(F)C3)c2=O)nc2c(C(=O)N[C@@H]3CC[C@H]3OC)cnn12.CNc1cc(Nc2cccn(C3CC(F)(F)C3)c2=O)nc2c(C(=O)N[C@H]3CC[C@@H]3OC)cnn12. The van der Waals surface area contributed by atoms with E-state index in [1.54, 1.807) is 64.7 Å². The molecule has 6 heterocycles. The first-order chi connectivity index (χ1) is 32.6. The van der Waals surface area contributed by atoms with Crippen LogP contribution in [0.3, 0.4) is 0 Å². The molecule has 10 rings (SSSR count). The number of nitrogens with one attached hydrogen (secondary N) is 6. The van der Waals surface area contributed by atoms with Gasteiger partial charge in [0.15, 0.2) is 11.3 Å². The van der Waals surface area contributed by atoms with E-state index < -0.39 is 35.0 Å². The third-order valence-corrected chi connectivity index (χ3v) is 13.0. The molecule has 0 unspecified atom stereocenters. The third-order valence-electron chi connectivity index (χ3n) is 13.0. The van der Waals surface area contributed by atoms with Gasteiger partial charge in [0.25, 0.3) is 34.8 Å². The molecule has 6 aromatic rings. The molecule has 0 saturated heterocycles. The third kappa shape index (κ3) is 8.91. The van der Waals surface area contributed by atoms with Gasteiger partial charge < -0.3 is 50.5 Å². The molecule has 0 spiro atoms. The lowest BCUT2D eigenvalue weighted by Crippen LogP contribution is -2.51. The number of nitrogens with zero attached hydrogens (tertiary/aromatic N) is 8. The molecule has 20 nitrogen and oxygen atoms in total. The summed E-state index contributed by atoms with van der Waals surface area (Å²) in [6, 6.07) is 8.43. The van der Waals surface area contributed by atoms with Gasteiger partial charge in [-0.2, -0.15) is 19.2 Å². The number of aromatic nitrogens is 8. The van der Waals surface area contributed by atoms with Crippen molar-refractivity contribution in [1.29, 1.82) is 0 Å². The maximum absolute atomic E-state index is 13.3. The first-order valence-corrected chi connectivity index (χ1v) is 22.1. The lowest BCUT2D eigenvalue weighted by atomic mass is 9.88. The van der Waals surface area contributed by atoms with Crippen LogP contribution >= 0.6 is 0 Å². The van der Waals surface area contributed by atoms with Gasteiger partial charge in [0.2, 0.25) is 0 Å². The number of carbonyl (C=O) groups is 2. The molecule has 4 aliphatic rings. The lowest BCUT2D eigenvalue weighted by molar-refractivity contribution is -0.105. The quantitative estimate of drug-likeness (QED) is 0.0781. The van der Waals surface area contributed by atoms with Crippen LogP contribution in [-0.2, 0) is 9.47 Å². The summed E-state index contributed by atoms with van der Waals surface area (Å²) in [5.41, 5.74) is 0.716. The fraction of sp³-hybridized carbons (Fsp3) is 0.455. The van der Waals surface area contributed by atoms with Gasteiger partial charge in [-0.25, -0.2) is 27.5 Å². The molecule has 0 aliphatic heterocycles. The number of alkyl halides is 4. The van der Waals surface area contributed by atoms with Crippen LogP contribution in [-0.4, -0.2) is 115 Å². The number of hydrogen-bond acceptors (Lipinski definition) is 14. The number of pyridine rings is 2. The van der Waals surface area contributed by atoms with Crippen molar-refractivity contribution < 1.29 is 36.6 Å². The van der Waals surface area contributed by atoms with Gasteiger partial charge in [0.05, 0.1) is 36.7 Å². The number of methoxy groups -OCH3 is 2. The highest BCUT2D eigenvalue weighted by atomic mass is 19.3. The minimum atomic E-state index is -2.73.